The maximum atomic E-state index is 6.19. The molecule has 0 saturated heterocycles. The summed E-state index contributed by atoms with van der Waals surface area (Å²) in [5, 5.41) is 1.14. The first kappa shape index (κ1) is 25.9. The first-order valence-electron chi connectivity index (χ1n) is 12.2. The standard InChI is InChI=1S/C20H21N2O.C11H8N.Ir/c1-20(2,3)13-8-9-22-17(10-13)16-12-21-11-15-14-6-4-5-7-18(14)23-19(15)16;1-2-6-10(7-3-1)11-8-4-5-9-12-11;/h8-11H,4-7H2,1-3H3;1-6,8-9H;/q2*-1;. The molecule has 1 aromatic carbocycles. The van der Waals surface area contributed by atoms with Crippen LogP contribution in [0.15, 0.2) is 77.6 Å². The number of hydrogen-bond acceptors (Lipinski definition) is 4. The first-order chi connectivity index (χ1) is 17.0. The molecular formula is C31H29IrN3O-2. The zero-order valence-corrected chi connectivity index (χ0v) is 23.2. The van der Waals surface area contributed by atoms with Gasteiger partial charge in [0, 0.05) is 38.9 Å². The molecular weight excluding hydrogens is 623 g/mol. The Kier molecular flexibility index (Phi) is 8.13. The summed E-state index contributed by atoms with van der Waals surface area (Å²) in [7, 11) is 0. The third kappa shape index (κ3) is 5.64. The van der Waals surface area contributed by atoms with Crippen molar-refractivity contribution in [2.45, 2.75) is 51.9 Å². The summed E-state index contributed by atoms with van der Waals surface area (Å²) < 4.78 is 6.19. The fourth-order valence-electron chi connectivity index (χ4n) is 4.41. The number of hydrogen-bond donors (Lipinski definition) is 0. The van der Waals surface area contributed by atoms with Crippen LogP contribution in [-0.2, 0) is 38.4 Å². The molecule has 0 amide bonds. The molecule has 5 heteroatoms. The maximum Gasteiger partial charge on any atom is 0.0931 e. The number of aryl methyl sites for hydroxylation is 2. The van der Waals surface area contributed by atoms with Crippen molar-refractivity contribution in [3.8, 4) is 22.5 Å². The Bertz CT molecular complexity index is 1390. The van der Waals surface area contributed by atoms with Gasteiger partial charge in [0.25, 0.3) is 0 Å². The first-order valence-corrected chi connectivity index (χ1v) is 12.2. The van der Waals surface area contributed by atoms with E-state index in [0.29, 0.717) is 0 Å². The van der Waals surface area contributed by atoms with Crippen LogP contribution in [0.25, 0.3) is 33.5 Å². The summed E-state index contributed by atoms with van der Waals surface area (Å²) in [5.41, 5.74) is 7.35. The Morgan fingerprint density at radius 1 is 0.889 bits per heavy atom. The molecule has 0 N–H and O–H groups in total. The molecule has 4 aromatic heterocycles. The van der Waals surface area contributed by atoms with Crippen LogP contribution >= 0.6 is 0 Å². The third-order valence-corrected chi connectivity index (χ3v) is 6.34. The Morgan fingerprint density at radius 3 is 2.44 bits per heavy atom. The zero-order valence-electron chi connectivity index (χ0n) is 20.8. The van der Waals surface area contributed by atoms with Crippen molar-refractivity contribution in [1.29, 1.82) is 0 Å². The van der Waals surface area contributed by atoms with Crippen LogP contribution in [0, 0.1) is 12.3 Å². The van der Waals surface area contributed by atoms with E-state index < -0.39 is 0 Å². The van der Waals surface area contributed by atoms with Gasteiger partial charge in [0.15, 0.2) is 0 Å². The predicted molar refractivity (Wildman–Crippen MR) is 140 cm³/mol. The summed E-state index contributed by atoms with van der Waals surface area (Å²) in [6, 6.07) is 21.0. The average Bonchev–Trinajstić information content (AvgIpc) is 3.29. The molecule has 0 saturated carbocycles. The SMILES string of the molecule is CC(C)(C)c1ccnc(-c2[c-]ncc3c4c(oc23)CCCC4)c1.[Ir].[c-]1ccccc1-c1ccccn1. The second kappa shape index (κ2) is 11.3. The van der Waals surface area contributed by atoms with Crippen molar-refractivity contribution in [2.24, 2.45) is 0 Å². The van der Waals surface area contributed by atoms with Crippen molar-refractivity contribution in [2.75, 3.05) is 0 Å². The predicted octanol–water partition coefficient (Wildman–Crippen LogP) is 7.41. The van der Waals surface area contributed by atoms with Crippen molar-refractivity contribution in [3.05, 3.63) is 102 Å². The Balaban J connectivity index is 0.000000198. The second-order valence-electron chi connectivity index (χ2n) is 9.87. The van der Waals surface area contributed by atoms with Gasteiger partial charge in [-0.15, -0.1) is 35.9 Å². The molecule has 0 unspecified atom stereocenters. The molecule has 4 nitrogen and oxygen atoms in total. The normalized spacial score (nSPS) is 12.8. The van der Waals surface area contributed by atoms with Gasteiger partial charge in [-0.2, -0.15) is 0 Å². The molecule has 6 rings (SSSR count). The van der Waals surface area contributed by atoms with Gasteiger partial charge in [0.05, 0.1) is 11.3 Å². The van der Waals surface area contributed by atoms with Crippen LogP contribution in [0.2, 0.25) is 0 Å². The Morgan fingerprint density at radius 2 is 1.69 bits per heavy atom. The van der Waals surface area contributed by atoms with Crippen molar-refractivity contribution >= 4 is 11.0 Å². The largest absolute Gasteiger partial charge is 0.505 e. The van der Waals surface area contributed by atoms with E-state index in [1.165, 1.54) is 24.0 Å². The number of furan rings is 1. The minimum absolute atomic E-state index is 0. The van der Waals surface area contributed by atoms with Crippen LogP contribution in [0.1, 0.15) is 50.5 Å². The molecule has 36 heavy (non-hydrogen) atoms. The van der Waals surface area contributed by atoms with Gasteiger partial charge < -0.3 is 19.4 Å². The van der Waals surface area contributed by atoms with Crippen LogP contribution in [0.5, 0.6) is 0 Å². The third-order valence-electron chi connectivity index (χ3n) is 6.34. The number of rotatable bonds is 2. The molecule has 0 bridgehead atoms. The van der Waals surface area contributed by atoms with Gasteiger partial charge in [-0.05, 0) is 77.1 Å². The van der Waals surface area contributed by atoms with Crippen molar-refractivity contribution in [3.63, 3.8) is 0 Å². The summed E-state index contributed by atoms with van der Waals surface area (Å²) in [6.45, 7) is 6.63. The number of fused-ring (bicyclic) bond motifs is 3. The maximum absolute atomic E-state index is 6.19. The molecule has 1 radical (unpaired) electrons. The number of benzene rings is 1. The van der Waals surface area contributed by atoms with Crippen molar-refractivity contribution in [1.82, 2.24) is 15.0 Å². The molecule has 5 aromatic rings. The fourth-order valence-corrected chi connectivity index (χ4v) is 4.41. The number of pyridine rings is 3. The van der Waals surface area contributed by atoms with Crippen molar-refractivity contribution < 1.29 is 24.5 Å². The average molecular weight is 652 g/mol. The number of nitrogens with zero attached hydrogens (tertiary/aromatic N) is 3. The van der Waals surface area contributed by atoms with Crippen LogP contribution < -0.4 is 0 Å². The monoisotopic (exact) mass is 652 g/mol. The minimum Gasteiger partial charge on any atom is -0.505 e. The zero-order chi connectivity index (χ0) is 24.3. The van der Waals surface area contributed by atoms with Gasteiger partial charge in [-0.25, -0.2) is 0 Å². The van der Waals surface area contributed by atoms with E-state index in [1.54, 1.807) is 6.20 Å². The van der Waals surface area contributed by atoms with Crippen LogP contribution in [0.4, 0.5) is 0 Å². The smallest absolute Gasteiger partial charge is 0.0931 e. The molecule has 185 valence electrons. The summed E-state index contributed by atoms with van der Waals surface area (Å²) in [4.78, 5) is 13.1. The van der Waals surface area contributed by atoms with E-state index in [-0.39, 0.29) is 25.5 Å². The van der Waals surface area contributed by atoms with E-state index in [9.17, 15) is 0 Å². The van der Waals surface area contributed by atoms with Gasteiger partial charge in [-0.1, -0.05) is 44.5 Å². The van der Waals surface area contributed by atoms with E-state index in [0.717, 1.165) is 52.1 Å². The van der Waals surface area contributed by atoms with Crippen LogP contribution in [0.3, 0.4) is 0 Å². The van der Waals surface area contributed by atoms with Crippen LogP contribution in [-0.4, -0.2) is 15.0 Å². The van der Waals surface area contributed by atoms with Gasteiger partial charge in [0.2, 0.25) is 0 Å². The molecule has 0 aliphatic heterocycles. The van der Waals surface area contributed by atoms with Gasteiger partial charge in [-0.3, -0.25) is 0 Å². The quantitative estimate of drug-likeness (QED) is 0.187. The van der Waals surface area contributed by atoms with E-state index >= 15 is 0 Å². The van der Waals surface area contributed by atoms with E-state index in [1.807, 2.05) is 54.9 Å². The summed E-state index contributed by atoms with van der Waals surface area (Å²) in [6.07, 6.45) is 13.2. The molecule has 0 spiro atoms. The molecule has 0 fully saturated rings. The fraction of sp³-hybridized carbons (Fsp3) is 0.258. The Labute approximate surface area is 226 Å². The molecule has 1 aliphatic carbocycles. The van der Waals surface area contributed by atoms with Gasteiger partial charge in [0.1, 0.15) is 0 Å². The van der Waals surface area contributed by atoms with Gasteiger partial charge >= 0.3 is 0 Å². The second-order valence-corrected chi connectivity index (χ2v) is 9.87. The minimum atomic E-state index is 0. The summed E-state index contributed by atoms with van der Waals surface area (Å²) >= 11 is 0. The molecule has 1 aliphatic rings. The van der Waals surface area contributed by atoms with E-state index in [4.69, 9.17) is 4.42 Å². The number of aromatic nitrogens is 3. The topological polar surface area (TPSA) is 51.8 Å². The van der Waals surface area contributed by atoms with E-state index in [2.05, 4.69) is 60.1 Å². The molecule has 4 heterocycles. The summed E-state index contributed by atoms with van der Waals surface area (Å²) in [5.74, 6) is 1.13. The Hall–Kier alpha value is -3.14. The molecule has 0 atom stereocenters.